The van der Waals surface area contributed by atoms with Gasteiger partial charge < -0.3 is 14.4 Å². The lowest BCUT2D eigenvalue weighted by molar-refractivity contribution is 0.0359. The third-order valence-electron chi connectivity index (χ3n) is 7.28. The van der Waals surface area contributed by atoms with Crippen LogP contribution in [0.1, 0.15) is 64.4 Å². The number of hydrogen-bond donors (Lipinski definition) is 0. The van der Waals surface area contributed by atoms with Gasteiger partial charge in [-0.3, -0.25) is 4.79 Å². The second-order valence-corrected chi connectivity index (χ2v) is 10.8. The summed E-state index contributed by atoms with van der Waals surface area (Å²) in [5.74, 6) is 1.44. The van der Waals surface area contributed by atoms with Crippen LogP contribution in [0.15, 0.2) is 77.7 Å². The van der Waals surface area contributed by atoms with E-state index >= 15 is 0 Å². The van der Waals surface area contributed by atoms with Gasteiger partial charge in [0.1, 0.15) is 11.9 Å². The Morgan fingerprint density at radius 2 is 1.54 bits per heavy atom. The normalized spacial score (nSPS) is 20.5. The lowest BCUT2D eigenvalue weighted by Crippen LogP contribution is -2.49. The van der Waals surface area contributed by atoms with Crippen molar-refractivity contribution in [3.63, 3.8) is 0 Å². The van der Waals surface area contributed by atoms with E-state index in [0.29, 0.717) is 12.2 Å². The minimum absolute atomic E-state index is 0.0656. The van der Waals surface area contributed by atoms with E-state index in [-0.39, 0.29) is 30.1 Å². The van der Waals surface area contributed by atoms with Gasteiger partial charge in [0.15, 0.2) is 0 Å². The zero-order valence-electron chi connectivity index (χ0n) is 21.4. The van der Waals surface area contributed by atoms with Crippen molar-refractivity contribution in [1.29, 1.82) is 0 Å². The van der Waals surface area contributed by atoms with Crippen LogP contribution in [0.5, 0.6) is 5.75 Å². The van der Waals surface area contributed by atoms with Crippen molar-refractivity contribution in [1.82, 2.24) is 4.90 Å². The third-order valence-corrected chi connectivity index (χ3v) is 8.53. The topological polar surface area (TPSA) is 55.8 Å². The summed E-state index contributed by atoms with van der Waals surface area (Å²) < 4.78 is 11.3. The molecule has 0 aromatic heterocycles. The second-order valence-electron chi connectivity index (χ2n) is 9.80. The van der Waals surface area contributed by atoms with Gasteiger partial charge >= 0.3 is 5.97 Å². The standard InChI is InChI=1S/C31H33NO4S/c1-3-35-31(34)24-12-16-27(17-13-24)36-28-18-25-14-15-26(19-28)32(25)30(33)23-10-8-22(9-11-23)20-37-29-7-5-4-6-21(29)2/h4-13,16-17,25-26,28H,3,14-15,18-20H2,1-2H3/t25-,26+,28?. The largest absolute Gasteiger partial charge is 0.490 e. The molecule has 3 aromatic rings. The fraction of sp³-hybridized carbons (Fsp3) is 0.355. The van der Waals surface area contributed by atoms with Gasteiger partial charge in [0.05, 0.1) is 12.2 Å². The minimum Gasteiger partial charge on any atom is -0.490 e. The monoisotopic (exact) mass is 515 g/mol. The van der Waals surface area contributed by atoms with Crippen LogP contribution >= 0.6 is 11.8 Å². The van der Waals surface area contributed by atoms with Gasteiger partial charge in [-0.25, -0.2) is 4.79 Å². The van der Waals surface area contributed by atoms with Gasteiger partial charge in [-0.1, -0.05) is 30.3 Å². The molecule has 2 aliphatic heterocycles. The number of carbonyl (C=O) groups is 2. The summed E-state index contributed by atoms with van der Waals surface area (Å²) in [5.41, 5.74) is 3.79. The first-order chi connectivity index (χ1) is 18.0. The molecule has 5 nitrogen and oxygen atoms in total. The Morgan fingerprint density at radius 3 is 2.19 bits per heavy atom. The average molecular weight is 516 g/mol. The summed E-state index contributed by atoms with van der Waals surface area (Å²) in [7, 11) is 0. The molecular formula is C31H33NO4S. The molecule has 2 fully saturated rings. The van der Waals surface area contributed by atoms with Crippen molar-refractivity contribution < 1.29 is 19.1 Å². The molecule has 5 rings (SSSR count). The Balaban J connectivity index is 1.17. The van der Waals surface area contributed by atoms with E-state index in [1.807, 2.05) is 36.0 Å². The lowest BCUT2D eigenvalue weighted by atomic mass is 9.98. The number of carbonyl (C=O) groups excluding carboxylic acids is 2. The molecule has 3 aromatic carbocycles. The predicted octanol–water partition coefficient (Wildman–Crippen LogP) is 6.68. The number of piperidine rings is 1. The van der Waals surface area contributed by atoms with E-state index in [4.69, 9.17) is 9.47 Å². The van der Waals surface area contributed by atoms with Crippen LogP contribution in [0.4, 0.5) is 0 Å². The van der Waals surface area contributed by atoms with Gasteiger partial charge in [0.2, 0.25) is 0 Å². The van der Waals surface area contributed by atoms with Gasteiger partial charge in [0.25, 0.3) is 5.91 Å². The van der Waals surface area contributed by atoms with Crippen molar-refractivity contribution in [3.8, 4) is 5.75 Å². The molecule has 2 heterocycles. The molecule has 37 heavy (non-hydrogen) atoms. The molecule has 192 valence electrons. The van der Waals surface area contributed by atoms with Crippen molar-refractivity contribution >= 4 is 23.6 Å². The number of fused-ring (bicyclic) bond motifs is 2. The van der Waals surface area contributed by atoms with Crippen molar-refractivity contribution in [2.45, 2.75) is 68.4 Å². The molecule has 2 aliphatic rings. The third kappa shape index (κ3) is 5.85. The Morgan fingerprint density at radius 1 is 0.892 bits per heavy atom. The number of benzene rings is 3. The SMILES string of the molecule is CCOC(=O)c1ccc(OC2C[C@H]3CC[C@@H](C2)N3C(=O)c2ccc(CSc3ccccc3C)cc2)cc1. The van der Waals surface area contributed by atoms with Crippen LogP contribution < -0.4 is 4.74 Å². The van der Waals surface area contributed by atoms with Gasteiger partial charge in [-0.15, -0.1) is 11.8 Å². The summed E-state index contributed by atoms with van der Waals surface area (Å²) in [6.07, 6.45) is 3.75. The highest BCUT2D eigenvalue weighted by Gasteiger charge is 2.44. The molecule has 0 spiro atoms. The first kappa shape index (κ1) is 25.4. The lowest BCUT2D eigenvalue weighted by Gasteiger charge is -2.39. The van der Waals surface area contributed by atoms with E-state index in [1.54, 1.807) is 19.1 Å². The number of rotatable bonds is 8. The van der Waals surface area contributed by atoms with E-state index in [1.165, 1.54) is 16.0 Å². The Hall–Kier alpha value is -3.25. The molecule has 0 radical (unpaired) electrons. The van der Waals surface area contributed by atoms with Gasteiger partial charge in [-0.05, 0) is 80.3 Å². The smallest absolute Gasteiger partial charge is 0.338 e. The molecule has 3 atom stereocenters. The second kappa shape index (κ2) is 11.4. The maximum Gasteiger partial charge on any atom is 0.338 e. The van der Waals surface area contributed by atoms with E-state index in [9.17, 15) is 9.59 Å². The minimum atomic E-state index is -0.322. The number of hydrogen-bond acceptors (Lipinski definition) is 5. The van der Waals surface area contributed by atoms with Crippen LogP contribution in [0.3, 0.4) is 0 Å². The number of amides is 1. The first-order valence-corrected chi connectivity index (χ1v) is 14.0. The molecule has 0 aliphatic carbocycles. The molecule has 0 saturated carbocycles. The zero-order chi connectivity index (χ0) is 25.8. The van der Waals surface area contributed by atoms with Crippen molar-refractivity contribution in [3.05, 3.63) is 95.1 Å². The summed E-state index contributed by atoms with van der Waals surface area (Å²) in [5, 5.41) is 0. The van der Waals surface area contributed by atoms with Crippen molar-refractivity contribution in [2.24, 2.45) is 0 Å². The Labute approximate surface area is 223 Å². The molecule has 0 N–H and O–H groups in total. The highest BCUT2D eigenvalue weighted by atomic mass is 32.2. The summed E-state index contributed by atoms with van der Waals surface area (Å²) in [6.45, 7) is 4.28. The Bertz CT molecular complexity index is 1230. The molecule has 2 saturated heterocycles. The molecule has 2 bridgehead atoms. The maximum absolute atomic E-state index is 13.5. The van der Waals surface area contributed by atoms with Gasteiger partial charge in [-0.2, -0.15) is 0 Å². The number of ether oxygens (including phenoxy) is 2. The number of thioether (sulfide) groups is 1. The zero-order valence-corrected chi connectivity index (χ0v) is 22.2. The predicted molar refractivity (Wildman–Crippen MR) is 146 cm³/mol. The maximum atomic E-state index is 13.5. The first-order valence-electron chi connectivity index (χ1n) is 13.1. The molecular weight excluding hydrogens is 482 g/mol. The fourth-order valence-electron chi connectivity index (χ4n) is 5.40. The Kier molecular flexibility index (Phi) is 7.85. The van der Waals surface area contributed by atoms with Crippen LogP contribution in [-0.4, -0.2) is 41.6 Å². The van der Waals surface area contributed by atoms with Crippen LogP contribution in [0.25, 0.3) is 0 Å². The summed E-state index contributed by atoms with van der Waals surface area (Å²) in [6, 6.07) is 24.1. The number of esters is 1. The van der Waals surface area contributed by atoms with Crippen LogP contribution in [0.2, 0.25) is 0 Å². The van der Waals surface area contributed by atoms with E-state index in [2.05, 4.69) is 48.2 Å². The average Bonchev–Trinajstić information content (AvgIpc) is 3.18. The summed E-state index contributed by atoms with van der Waals surface area (Å²) >= 11 is 1.83. The van der Waals surface area contributed by atoms with E-state index in [0.717, 1.165) is 42.7 Å². The van der Waals surface area contributed by atoms with Crippen molar-refractivity contribution in [2.75, 3.05) is 6.61 Å². The summed E-state index contributed by atoms with van der Waals surface area (Å²) in [4.78, 5) is 28.7. The fourth-order valence-corrected chi connectivity index (χ4v) is 6.39. The van der Waals surface area contributed by atoms with Gasteiger partial charge in [0, 0.05) is 41.1 Å². The molecule has 1 amide bonds. The number of aryl methyl sites for hydroxylation is 1. The number of nitrogens with zero attached hydrogens (tertiary/aromatic N) is 1. The quantitative estimate of drug-likeness (QED) is 0.247. The van der Waals surface area contributed by atoms with E-state index < -0.39 is 0 Å². The van der Waals surface area contributed by atoms with Crippen LogP contribution in [0, 0.1) is 6.92 Å². The highest BCUT2D eigenvalue weighted by molar-refractivity contribution is 7.98. The van der Waals surface area contributed by atoms with Crippen LogP contribution in [-0.2, 0) is 10.5 Å². The molecule has 6 heteroatoms. The highest BCUT2D eigenvalue weighted by Crippen LogP contribution is 2.38. The molecule has 1 unspecified atom stereocenters.